The lowest BCUT2D eigenvalue weighted by molar-refractivity contribution is 0.436. The fourth-order valence-corrected chi connectivity index (χ4v) is 3.96. The fourth-order valence-electron chi connectivity index (χ4n) is 3.96. The van der Waals surface area contributed by atoms with Gasteiger partial charge in [0, 0.05) is 34.6 Å². The van der Waals surface area contributed by atoms with Crippen molar-refractivity contribution in [2.24, 2.45) is 0 Å². The normalized spacial score (nSPS) is 11.9. The van der Waals surface area contributed by atoms with Crippen LogP contribution in [0.1, 0.15) is 52.7 Å². The second kappa shape index (κ2) is 8.82. The Morgan fingerprint density at radius 2 is 0.970 bits per heavy atom. The van der Waals surface area contributed by atoms with E-state index in [1.807, 2.05) is 48.8 Å². The summed E-state index contributed by atoms with van der Waals surface area (Å²) < 4.78 is 6.76. The van der Waals surface area contributed by atoms with Gasteiger partial charge in [0.25, 0.3) is 0 Å². The van der Waals surface area contributed by atoms with Gasteiger partial charge in [0.05, 0.1) is 11.4 Å². The first kappa shape index (κ1) is 22.7. The molecule has 0 unspecified atom stereocenters. The smallest absolute Gasteiger partial charge is 0.131 e. The highest BCUT2D eigenvalue weighted by molar-refractivity contribution is 5.66. The number of nitrogens with zero attached hydrogens (tertiary/aromatic N) is 2. The molecule has 0 amide bonds. The topological polar surface area (TPSA) is 35.0 Å². The van der Waals surface area contributed by atoms with E-state index in [1.165, 1.54) is 0 Å². The summed E-state index contributed by atoms with van der Waals surface area (Å²) >= 11 is 0. The first-order chi connectivity index (χ1) is 15.6. The van der Waals surface area contributed by atoms with Gasteiger partial charge >= 0.3 is 0 Å². The Bertz CT molecular complexity index is 1140. The summed E-state index contributed by atoms with van der Waals surface area (Å²) in [5.41, 5.74) is 6.11. The minimum absolute atomic E-state index is 0.0710. The number of hydrogen-bond acceptors (Lipinski definition) is 3. The third-order valence-electron chi connectivity index (χ3n) is 5.72. The maximum atomic E-state index is 6.76. The van der Waals surface area contributed by atoms with E-state index in [9.17, 15) is 0 Å². The van der Waals surface area contributed by atoms with Crippen LogP contribution in [0.25, 0.3) is 22.5 Å². The Labute approximate surface area is 197 Å². The van der Waals surface area contributed by atoms with Crippen LogP contribution in [-0.4, -0.2) is 9.97 Å². The summed E-state index contributed by atoms with van der Waals surface area (Å²) in [7, 11) is 0. The van der Waals surface area contributed by atoms with Crippen LogP contribution in [0.15, 0.2) is 85.2 Å². The molecule has 3 nitrogen and oxygen atoms in total. The van der Waals surface area contributed by atoms with E-state index in [2.05, 4.69) is 87.9 Å². The van der Waals surface area contributed by atoms with Crippen LogP contribution in [0, 0.1) is 0 Å². The van der Waals surface area contributed by atoms with Crippen molar-refractivity contribution in [1.29, 1.82) is 0 Å². The van der Waals surface area contributed by atoms with Crippen LogP contribution in [0.3, 0.4) is 0 Å². The maximum Gasteiger partial charge on any atom is 0.131 e. The number of ether oxygens (including phenoxy) is 1. The van der Waals surface area contributed by atoms with Gasteiger partial charge in [-0.3, -0.25) is 9.97 Å². The molecule has 0 spiro atoms. The molecule has 0 aliphatic heterocycles. The number of hydrogen-bond donors (Lipinski definition) is 0. The number of rotatable bonds is 4. The highest BCUT2D eigenvalue weighted by Crippen LogP contribution is 2.41. The second-order valence-electron chi connectivity index (χ2n) is 10.5. The molecule has 0 radical (unpaired) electrons. The van der Waals surface area contributed by atoms with Crippen LogP contribution in [-0.2, 0) is 10.8 Å². The molecule has 168 valence electrons. The molecule has 0 aliphatic carbocycles. The zero-order valence-electron chi connectivity index (χ0n) is 20.4. The van der Waals surface area contributed by atoms with Crippen molar-refractivity contribution >= 4 is 0 Å². The summed E-state index contributed by atoms with van der Waals surface area (Å²) in [4.78, 5) is 9.07. The third-order valence-corrected chi connectivity index (χ3v) is 5.72. The molecule has 0 bridgehead atoms. The minimum atomic E-state index is -0.0710. The molecule has 0 saturated heterocycles. The summed E-state index contributed by atoms with van der Waals surface area (Å²) in [6, 6.07) is 24.8. The monoisotopic (exact) mass is 436 g/mol. The van der Waals surface area contributed by atoms with E-state index >= 15 is 0 Å². The first-order valence-electron chi connectivity index (χ1n) is 11.4. The molecular formula is C30H32N2O. The van der Waals surface area contributed by atoms with E-state index in [-0.39, 0.29) is 10.8 Å². The SMILES string of the molecule is CC(C)(C)c1ccc(-c2ccccn2)cc1Oc1cc(-c2ccccn2)ccc1C(C)(C)C. The number of aromatic nitrogens is 2. The summed E-state index contributed by atoms with van der Waals surface area (Å²) in [6.45, 7) is 13.3. The number of pyridine rings is 2. The Kier molecular flexibility index (Phi) is 6.07. The minimum Gasteiger partial charge on any atom is -0.457 e. The zero-order chi connectivity index (χ0) is 23.6. The molecule has 2 aromatic heterocycles. The molecule has 0 saturated carbocycles. The molecule has 0 aliphatic rings. The largest absolute Gasteiger partial charge is 0.457 e. The molecule has 3 heteroatoms. The average molecular weight is 437 g/mol. The van der Waals surface area contributed by atoms with Gasteiger partial charge in [-0.2, -0.15) is 0 Å². The van der Waals surface area contributed by atoms with Crippen LogP contribution in [0.4, 0.5) is 0 Å². The predicted molar refractivity (Wildman–Crippen MR) is 137 cm³/mol. The van der Waals surface area contributed by atoms with Gasteiger partial charge in [0.15, 0.2) is 0 Å². The van der Waals surface area contributed by atoms with E-state index in [0.717, 1.165) is 45.1 Å². The molecule has 2 heterocycles. The van der Waals surface area contributed by atoms with E-state index in [0.29, 0.717) is 0 Å². The van der Waals surface area contributed by atoms with Gasteiger partial charge in [-0.1, -0.05) is 77.9 Å². The second-order valence-corrected chi connectivity index (χ2v) is 10.5. The predicted octanol–water partition coefficient (Wildman–Crippen LogP) is 8.20. The van der Waals surface area contributed by atoms with Crippen LogP contribution in [0.2, 0.25) is 0 Å². The summed E-state index contributed by atoms with van der Waals surface area (Å²) in [5.74, 6) is 1.71. The average Bonchev–Trinajstić information content (AvgIpc) is 2.79. The van der Waals surface area contributed by atoms with Crippen molar-refractivity contribution < 1.29 is 4.74 Å². The van der Waals surface area contributed by atoms with Crippen molar-refractivity contribution in [3.05, 3.63) is 96.3 Å². The van der Waals surface area contributed by atoms with Crippen molar-refractivity contribution in [2.75, 3.05) is 0 Å². The Morgan fingerprint density at radius 3 is 1.30 bits per heavy atom. The van der Waals surface area contributed by atoms with Crippen molar-refractivity contribution in [3.8, 4) is 34.0 Å². The highest BCUT2D eigenvalue weighted by atomic mass is 16.5. The van der Waals surface area contributed by atoms with Gasteiger partial charge in [-0.15, -0.1) is 0 Å². The Morgan fingerprint density at radius 1 is 0.545 bits per heavy atom. The quantitative estimate of drug-likeness (QED) is 0.323. The zero-order valence-corrected chi connectivity index (χ0v) is 20.4. The van der Waals surface area contributed by atoms with E-state index in [1.54, 1.807) is 0 Å². The molecule has 4 aromatic rings. The Balaban J connectivity index is 1.86. The Hall–Kier alpha value is -3.46. The summed E-state index contributed by atoms with van der Waals surface area (Å²) in [6.07, 6.45) is 3.64. The molecule has 4 rings (SSSR count). The van der Waals surface area contributed by atoms with Crippen molar-refractivity contribution in [2.45, 2.75) is 52.4 Å². The van der Waals surface area contributed by atoms with Gasteiger partial charge in [0.1, 0.15) is 11.5 Å². The van der Waals surface area contributed by atoms with Crippen LogP contribution < -0.4 is 4.74 Å². The standard InChI is InChI=1S/C30H32N2O/c1-29(2,3)23-15-13-21(25-11-7-9-17-31-25)19-27(23)33-28-20-22(26-12-8-10-18-32-26)14-16-24(28)30(4,5)6/h7-20H,1-6H3. The lowest BCUT2D eigenvalue weighted by Crippen LogP contribution is -2.15. The lowest BCUT2D eigenvalue weighted by Gasteiger charge is -2.27. The molecule has 33 heavy (non-hydrogen) atoms. The molecule has 0 atom stereocenters. The van der Waals surface area contributed by atoms with Crippen LogP contribution in [0.5, 0.6) is 11.5 Å². The molecule has 0 fully saturated rings. The van der Waals surface area contributed by atoms with E-state index < -0.39 is 0 Å². The van der Waals surface area contributed by atoms with Crippen molar-refractivity contribution in [3.63, 3.8) is 0 Å². The van der Waals surface area contributed by atoms with Gasteiger partial charge in [-0.05, 0) is 47.2 Å². The first-order valence-corrected chi connectivity index (χ1v) is 11.4. The summed E-state index contributed by atoms with van der Waals surface area (Å²) in [5, 5.41) is 0. The fraction of sp³-hybridized carbons (Fsp3) is 0.267. The maximum absolute atomic E-state index is 6.76. The molecule has 0 N–H and O–H groups in total. The lowest BCUT2D eigenvalue weighted by atomic mass is 9.84. The molecule has 2 aromatic carbocycles. The van der Waals surface area contributed by atoms with Gasteiger partial charge < -0.3 is 4.74 Å². The van der Waals surface area contributed by atoms with Crippen LogP contribution >= 0.6 is 0 Å². The van der Waals surface area contributed by atoms with Gasteiger partial charge in [-0.25, -0.2) is 0 Å². The number of benzene rings is 2. The molecular weight excluding hydrogens is 404 g/mol. The van der Waals surface area contributed by atoms with Crippen molar-refractivity contribution in [1.82, 2.24) is 9.97 Å². The third kappa shape index (κ3) is 5.14. The van der Waals surface area contributed by atoms with Gasteiger partial charge in [0.2, 0.25) is 0 Å². The highest BCUT2D eigenvalue weighted by Gasteiger charge is 2.24. The van der Waals surface area contributed by atoms with E-state index in [4.69, 9.17) is 4.74 Å².